The molecular weight excluding hydrogens is 340 g/mol. The molecule has 1 N–H and O–H groups in total. The molecule has 0 bridgehead atoms. The van der Waals surface area contributed by atoms with Crippen molar-refractivity contribution < 1.29 is 13.2 Å². The minimum atomic E-state index is -3.33. The standard InChI is InChI=1S/C18H22N2O4S/c1-5-20-17(22)13(10-19-20)16(21)12-6-7-14-15(11(12)2)18(3,4)8-9-25(14,23)24/h6-7,10,19H,5,8-9H2,1-4H3. The molecule has 0 amide bonds. The molecule has 3 rings (SSSR count). The zero-order valence-corrected chi connectivity index (χ0v) is 15.7. The van der Waals surface area contributed by atoms with Crippen LogP contribution in [0.15, 0.2) is 28.0 Å². The molecule has 0 aliphatic carbocycles. The number of nitrogens with zero attached hydrogens (tertiary/aromatic N) is 1. The first-order valence-corrected chi connectivity index (χ1v) is 9.95. The number of hydrogen-bond acceptors (Lipinski definition) is 4. The van der Waals surface area contributed by atoms with Crippen molar-refractivity contribution in [3.05, 3.63) is 50.9 Å². The molecule has 7 heteroatoms. The highest BCUT2D eigenvalue weighted by atomic mass is 32.2. The second-order valence-electron chi connectivity index (χ2n) is 7.13. The zero-order valence-electron chi connectivity index (χ0n) is 14.8. The monoisotopic (exact) mass is 362 g/mol. The van der Waals surface area contributed by atoms with Crippen LogP contribution in [0.3, 0.4) is 0 Å². The summed E-state index contributed by atoms with van der Waals surface area (Å²) >= 11 is 0. The van der Waals surface area contributed by atoms with Crippen LogP contribution in [-0.4, -0.2) is 29.7 Å². The predicted octanol–water partition coefficient (Wildman–Crippen LogP) is 2.19. The van der Waals surface area contributed by atoms with Crippen molar-refractivity contribution in [3.8, 4) is 0 Å². The third kappa shape index (κ3) is 2.66. The second kappa shape index (κ2) is 5.69. The lowest BCUT2D eigenvalue weighted by atomic mass is 9.77. The number of rotatable bonds is 3. The van der Waals surface area contributed by atoms with Gasteiger partial charge in [0.2, 0.25) is 0 Å². The first kappa shape index (κ1) is 17.7. The molecule has 6 nitrogen and oxygen atoms in total. The number of aromatic nitrogens is 2. The van der Waals surface area contributed by atoms with Crippen molar-refractivity contribution in [2.45, 2.75) is 51.0 Å². The van der Waals surface area contributed by atoms with Crippen molar-refractivity contribution in [3.63, 3.8) is 0 Å². The Bertz CT molecular complexity index is 1030. The molecule has 1 aromatic carbocycles. The van der Waals surface area contributed by atoms with Crippen molar-refractivity contribution in [2.24, 2.45) is 0 Å². The molecule has 25 heavy (non-hydrogen) atoms. The summed E-state index contributed by atoms with van der Waals surface area (Å²) in [5, 5.41) is 2.77. The fraction of sp³-hybridized carbons (Fsp3) is 0.444. The average Bonchev–Trinajstić information content (AvgIpc) is 2.91. The Hall–Kier alpha value is -2.15. The van der Waals surface area contributed by atoms with Crippen LogP contribution < -0.4 is 5.56 Å². The lowest BCUT2D eigenvalue weighted by molar-refractivity contribution is 0.103. The van der Waals surface area contributed by atoms with Gasteiger partial charge in [-0.3, -0.25) is 14.3 Å². The Morgan fingerprint density at radius 1 is 1.28 bits per heavy atom. The molecule has 0 saturated carbocycles. The van der Waals surface area contributed by atoms with Crippen LogP contribution in [0.4, 0.5) is 0 Å². The zero-order chi connectivity index (χ0) is 18.6. The van der Waals surface area contributed by atoms with E-state index in [0.29, 0.717) is 34.6 Å². The van der Waals surface area contributed by atoms with Crippen molar-refractivity contribution in [2.75, 3.05) is 5.75 Å². The Morgan fingerprint density at radius 3 is 2.56 bits per heavy atom. The fourth-order valence-electron chi connectivity index (χ4n) is 3.61. The molecule has 0 atom stereocenters. The molecule has 2 heterocycles. The van der Waals surface area contributed by atoms with E-state index in [4.69, 9.17) is 0 Å². The van der Waals surface area contributed by atoms with Gasteiger partial charge in [0.15, 0.2) is 15.6 Å². The molecule has 0 fully saturated rings. The van der Waals surface area contributed by atoms with Gasteiger partial charge in [0.25, 0.3) is 5.56 Å². The summed E-state index contributed by atoms with van der Waals surface area (Å²) in [6.07, 6.45) is 1.92. The van der Waals surface area contributed by atoms with Gasteiger partial charge in [-0.25, -0.2) is 8.42 Å². The van der Waals surface area contributed by atoms with Crippen LogP contribution in [0.1, 0.15) is 54.2 Å². The normalized spacial score (nSPS) is 17.9. The number of benzene rings is 1. The predicted molar refractivity (Wildman–Crippen MR) is 95.0 cm³/mol. The molecular formula is C18H22N2O4S. The molecule has 0 radical (unpaired) electrons. The largest absolute Gasteiger partial charge is 0.302 e. The van der Waals surface area contributed by atoms with Gasteiger partial charge < -0.3 is 5.10 Å². The number of nitrogens with one attached hydrogen (secondary N) is 1. The second-order valence-corrected chi connectivity index (χ2v) is 9.21. The molecule has 1 aliphatic heterocycles. The lowest BCUT2D eigenvalue weighted by Gasteiger charge is -2.34. The van der Waals surface area contributed by atoms with Gasteiger partial charge in [0.1, 0.15) is 5.56 Å². The number of carbonyl (C=O) groups excluding carboxylic acids is 1. The Labute approximate surface area is 146 Å². The third-order valence-electron chi connectivity index (χ3n) is 5.08. The molecule has 0 unspecified atom stereocenters. The Kier molecular flexibility index (Phi) is 4.02. The van der Waals surface area contributed by atoms with Crippen LogP contribution in [0.5, 0.6) is 0 Å². The highest BCUT2D eigenvalue weighted by Gasteiger charge is 2.38. The van der Waals surface area contributed by atoms with Gasteiger partial charge in [-0.15, -0.1) is 0 Å². The number of hydrogen-bond donors (Lipinski definition) is 1. The van der Waals surface area contributed by atoms with Crippen LogP contribution in [0.2, 0.25) is 0 Å². The van der Waals surface area contributed by atoms with E-state index in [1.807, 2.05) is 20.8 Å². The number of aromatic amines is 1. The van der Waals surface area contributed by atoms with E-state index in [-0.39, 0.29) is 28.1 Å². The molecule has 134 valence electrons. The van der Waals surface area contributed by atoms with Gasteiger partial charge in [0, 0.05) is 18.3 Å². The molecule has 0 spiro atoms. The molecule has 1 aliphatic rings. The topological polar surface area (TPSA) is 89.0 Å². The summed E-state index contributed by atoms with van der Waals surface area (Å²) in [5.41, 5.74) is 1.07. The van der Waals surface area contributed by atoms with Crippen LogP contribution in [0.25, 0.3) is 0 Å². The summed E-state index contributed by atoms with van der Waals surface area (Å²) < 4.78 is 26.2. The maximum Gasteiger partial charge on any atom is 0.277 e. The minimum Gasteiger partial charge on any atom is -0.302 e. The molecule has 2 aromatic rings. The van der Waals surface area contributed by atoms with E-state index in [2.05, 4.69) is 5.10 Å². The Morgan fingerprint density at radius 2 is 1.96 bits per heavy atom. The van der Waals surface area contributed by atoms with E-state index in [9.17, 15) is 18.0 Å². The first-order valence-electron chi connectivity index (χ1n) is 8.30. The van der Waals surface area contributed by atoms with E-state index < -0.39 is 9.84 Å². The number of H-pyrrole nitrogens is 1. The summed E-state index contributed by atoms with van der Waals surface area (Å²) in [7, 11) is -3.33. The number of aryl methyl sites for hydroxylation is 1. The summed E-state index contributed by atoms with van der Waals surface area (Å²) in [5.74, 6) is -0.272. The summed E-state index contributed by atoms with van der Waals surface area (Å²) in [4.78, 5) is 25.5. The van der Waals surface area contributed by atoms with Crippen molar-refractivity contribution >= 4 is 15.6 Å². The SMILES string of the molecule is CCn1[nH]cc(C(=O)c2ccc3c(c2C)C(C)(C)CCS3(=O)=O)c1=O. The maximum absolute atomic E-state index is 12.9. The van der Waals surface area contributed by atoms with Crippen molar-refractivity contribution in [1.29, 1.82) is 0 Å². The van der Waals surface area contributed by atoms with Crippen LogP contribution >= 0.6 is 0 Å². The van der Waals surface area contributed by atoms with Gasteiger partial charge in [-0.05, 0) is 48.9 Å². The molecule has 1 aromatic heterocycles. The van der Waals surface area contributed by atoms with Gasteiger partial charge in [-0.1, -0.05) is 13.8 Å². The van der Waals surface area contributed by atoms with Crippen LogP contribution in [0, 0.1) is 6.92 Å². The smallest absolute Gasteiger partial charge is 0.277 e. The molecule has 0 saturated heterocycles. The maximum atomic E-state index is 12.9. The van der Waals surface area contributed by atoms with E-state index in [1.165, 1.54) is 23.0 Å². The average molecular weight is 362 g/mol. The summed E-state index contributed by atoms with van der Waals surface area (Å²) in [6, 6.07) is 3.04. The highest BCUT2D eigenvalue weighted by molar-refractivity contribution is 7.91. The number of carbonyl (C=O) groups is 1. The fourth-order valence-corrected chi connectivity index (χ4v) is 5.62. The van der Waals surface area contributed by atoms with Gasteiger partial charge in [-0.2, -0.15) is 0 Å². The van der Waals surface area contributed by atoms with Gasteiger partial charge >= 0.3 is 0 Å². The number of fused-ring (bicyclic) bond motifs is 1. The lowest BCUT2D eigenvalue weighted by Crippen LogP contribution is -2.32. The number of sulfone groups is 1. The minimum absolute atomic E-state index is 0.0707. The van der Waals surface area contributed by atoms with E-state index in [0.717, 1.165) is 0 Å². The van der Waals surface area contributed by atoms with E-state index >= 15 is 0 Å². The number of ketones is 1. The highest BCUT2D eigenvalue weighted by Crippen LogP contribution is 2.41. The Balaban J connectivity index is 2.22. The van der Waals surface area contributed by atoms with E-state index in [1.54, 1.807) is 6.92 Å². The first-order chi connectivity index (χ1) is 11.6. The quantitative estimate of drug-likeness (QED) is 0.848. The third-order valence-corrected chi connectivity index (χ3v) is 6.83. The van der Waals surface area contributed by atoms with Crippen LogP contribution in [-0.2, 0) is 21.8 Å². The van der Waals surface area contributed by atoms with Gasteiger partial charge in [0.05, 0.1) is 10.6 Å². The van der Waals surface area contributed by atoms with Crippen molar-refractivity contribution in [1.82, 2.24) is 9.78 Å². The summed E-state index contributed by atoms with van der Waals surface area (Å²) in [6.45, 7) is 7.99.